The number of hydrogen-bond donors (Lipinski definition) is 1. The van der Waals surface area contributed by atoms with Crippen molar-refractivity contribution in [3.05, 3.63) is 29.8 Å². The maximum absolute atomic E-state index is 5.49. The highest BCUT2D eigenvalue weighted by atomic mass is 16.5. The molecular weight excluding hydrogens is 214 g/mol. The smallest absolute Gasteiger partial charge is 0.119 e. The first-order valence-electron chi connectivity index (χ1n) is 6.41. The molecule has 1 heterocycles. The zero-order valence-electron chi connectivity index (χ0n) is 10.4. The Morgan fingerprint density at radius 1 is 1.35 bits per heavy atom. The van der Waals surface area contributed by atoms with E-state index < -0.39 is 0 Å². The Morgan fingerprint density at radius 3 is 2.94 bits per heavy atom. The van der Waals surface area contributed by atoms with Gasteiger partial charge in [-0.15, -0.1) is 0 Å². The predicted octanol–water partition coefficient (Wildman–Crippen LogP) is 2.35. The van der Waals surface area contributed by atoms with E-state index in [4.69, 9.17) is 9.47 Å². The average molecular weight is 235 g/mol. The molecule has 1 aromatic carbocycles. The summed E-state index contributed by atoms with van der Waals surface area (Å²) in [4.78, 5) is 0. The van der Waals surface area contributed by atoms with Gasteiger partial charge in [0.25, 0.3) is 0 Å². The van der Waals surface area contributed by atoms with Gasteiger partial charge >= 0.3 is 0 Å². The third kappa shape index (κ3) is 4.02. The van der Waals surface area contributed by atoms with Crippen molar-refractivity contribution < 1.29 is 9.47 Å². The molecule has 1 fully saturated rings. The van der Waals surface area contributed by atoms with Gasteiger partial charge in [-0.2, -0.15) is 0 Å². The fourth-order valence-corrected chi connectivity index (χ4v) is 2.08. The summed E-state index contributed by atoms with van der Waals surface area (Å²) >= 11 is 0. The van der Waals surface area contributed by atoms with Crippen LogP contribution in [0.4, 0.5) is 0 Å². The number of nitrogens with one attached hydrogen (secondary N) is 1. The van der Waals surface area contributed by atoms with Crippen LogP contribution in [0.15, 0.2) is 24.3 Å². The predicted molar refractivity (Wildman–Crippen MR) is 68.3 cm³/mol. The first-order valence-corrected chi connectivity index (χ1v) is 6.41. The van der Waals surface area contributed by atoms with Crippen molar-refractivity contribution in [3.63, 3.8) is 0 Å². The van der Waals surface area contributed by atoms with Crippen LogP contribution in [0.5, 0.6) is 5.75 Å². The molecule has 1 aliphatic rings. The molecule has 0 radical (unpaired) electrons. The SMILES string of the molecule is CCOc1cccc(CNC2CCOCC2)c1. The molecule has 17 heavy (non-hydrogen) atoms. The van der Waals surface area contributed by atoms with Crippen LogP contribution < -0.4 is 10.1 Å². The molecule has 0 aromatic heterocycles. The quantitative estimate of drug-likeness (QED) is 0.850. The Hall–Kier alpha value is -1.06. The molecule has 0 unspecified atom stereocenters. The van der Waals surface area contributed by atoms with E-state index in [1.807, 2.05) is 19.1 Å². The molecule has 94 valence electrons. The molecule has 1 N–H and O–H groups in total. The second-order valence-electron chi connectivity index (χ2n) is 4.35. The summed E-state index contributed by atoms with van der Waals surface area (Å²) in [7, 11) is 0. The van der Waals surface area contributed by atoms with Crippen molar-refractivity contribution in [2.75, 3.05) is 19.8 Å². The van der Waals surface area contributed by atoms with Gasteiger partial charge in [-0.05, 0) is 37.5 Å². The molecule has 1 saturated heterocycles. The van der Waals surface area contributed by atoms with E-state index in [2.05, 4.69) is 17.4 Å². The number of hydrogen-bond acceptors (Lipinski definition) is 3. The fourth-order valence-electron chi connectivity index (χ4n) is 2.08. The summed E-state index contributed by atoms with van der Waals surface area (Å²) in [5.74, 6) is 0.957. The third-order valence-electron chi connectivity index (χ3n) is 3.03. The van der Waals surface area contributed by atoms with Gasteiger partial charge in [0.2, 0.25) is 0 Å². The minimum absolute atomic E-state index is 0.597. The van der Waals surface area contributed by atoms with Crippen molar-refractivity contribution >= 4 is 0 Å². The Bertz CT molecular complexity index is 335. The Balaban J connectivity index is 1.83. The highest BCUT2D eigenvalue weighted by Crippen LogP contribution is 2.14. The lowest BCUT2D eigenvalue weighted by Crippen LogP contribution is -2.34. The van der Waals surface area contributed by atoms with Gasteiger partial charge in [0.05, 0.1) is 6.61 Å². The molecule has 0 atom stereocenters. The summed E-state index contributed by atoms with van der Waals surface area (Å²) in [6.45, 7) is 5.41. The molecule has 0 aliphatic carbocycles. The minimum Gasteiger partial charge on any atom is -0.494 e. The summed E-state index contributed by atoms with van der Waals surface area (Å²) in [5, 5.41) is 3.57. The van der Waals surface area contributed by atoms with E-state index in [0.717, 1.165) is 45.0 Å². The van der Waals surface area contributed by atoms with Crippen LogP contribution >= 0.6 is 0 Å². The van der Waals surface area contributed by atoms with E-state index >= 15 is 0 Å². The standard InChI is InChI=1S/C14H21NO2/c1-2-17-14-5-3-4-12(10-14)11-15-13-6-8-16-9-7-13/h3-5,10,13,15H,2,6-9,11H2,1H3. The van der Waals surface area contributed by atoms with Gasteiger partial charge in [-0.25, -0.2) is 0 Å². The highest BCUT2D eigenvalue weighted by molar-refractivity contribution is 5.28. The van der Waals surface area contributed by atoms with E-state index in [0.29, 0.717) is 6.04 Å². The molecule has 2 rings (SSSR count). The fraction of sp³-hybridized carbons (Fsp3) is 0.571. The van der Waals surface area contributed by atoms with Gasteiger partial charge in [-0.1, -0.05) is 12.1 Å². The van der Waals surface area contributed by atoms with Crippen LogP contribution in [-0.2, 0) is 11.3 Å². The number of benzene rings is 1. The molecular formula is C14H21NO2. The Labute approximate surface area is 103 Å². The molecule has 0 amide bonds. The summed E-state index contributed by atoms with van der Waals surface area (Å²) in [5.41, 5.74) is 1.28. The lowest BCUT2D eigenvalue weighted by atomic mass is 10.1. The molecule has 3 heteroatoms. The van der Waals surface area contributed by atoms with E-state index in [1.165, 1.54) is 5.56 Å². The summed E-state index contributed by atoms with van der Waals surface area (Å²) in [6, 6.07) is 8.89. The van der Waals surface area contributed by atoms with Crippen LogP contribution in [0, 0.1) is 0 Å². The molecule has 3 nitrogen and oxygen atoms in total. The normalized spacial score (nSPS) is 17.0. The van der Waals surface area contributed by atoms with Crippen LogP contribution in [0.2, 0.25) is 0 Å². The van der Waals surface area contributed by atoms with E-state index in [9.17, 15) is 0 Å². The molecule has 0 saturated carbocycles. The van der Waals surface area contributed by atoms with Crippen molar-refractivity contribution in [3.8, 4) is 5.75 Å². The number of rotatable bonds is 5. The van der Waals surface area contributed by atoms with Gasteiger partial charge in [0.15, 0.2) is 0 Å². The van der Waals surface area contributed by atoms with Gasteiger partial charge in [0.1, 0.15) is 5.75 Å². The molecule has 1 aromatic rings. The maximum Gasteiger partial charge on any atom is 0.119 e. The van der Waals surface area contributed by atoms with Gasteiger partial charge in [-0.3, -0.25) is 0 Å². The first kappa shape index (κ1) is 12.4. The molecule has 1 aliphatic heterocycles. The molecule has 0 spiro atoms. The van der Waals surface area contributed by atoms with E-state index in [-0.39, 0.29) is 0 Å². The number of ether oxygens (including phenoxy) is 2. The second kappa shape index (κ2) is 6.62. The lowest BCUT2D eigenvalue weighted by Gasteiger charge is -2.23. The van der Waals surface area contributed by atoms with Crippen molar-refractivity contribution in [2.24, 2.45) is 0 Å². The van der Waals surface area contributed by atoms with Crippen LogP contribution in [0.1, 0.15) is 25.3 Å². The van der Waals surface area contributed by atoms with Crippen LogP contribution in [0.3, 0.4) is 0 Å². The largest absolute Gasteiger partial charge is 0.494 e. The van der Waals surface area contributed by atoms with Crippen LogP contribution in [-0.4, -0.2) is 25.9 Å². The molecule has 0 bridgehead atoms. The average Bonchev–Trinajstić information content (AvgIpc) is 2.39. The second-order valence-corrected chi connectivity index (χ2v) is 4.35. The highest BCUT2D eigenvalue weighted by Gasteiger charge is 2.12. The lowest BCUT2D eigenvalue weighted by molar-refractivity contribution is 0.0776. The minimum atomic E-state index is 0.597. The summed E-state index contributed by atoms with van der Waals surface area (Å²) in [6.07, 6.45) is 2.23. The van der Waals surface area contributed by atoms with Crippen molar-refractivity contribution in [1.29, 1.82) is 0 Å². The van der Waals surface area contributed by atoms with Crippen molar-refractivity contribution in [2.45, 2.75) is 32.4 Å². The summed E-state index contributed by atoms with van der Waals surface area (Å²) < 4.78 is 10.8. The zero-order chi connectivity index (χ0) is 11.9. The third-order valence-corrected chi connectivity index (χ3v) is 3.03. The maximum atomic E-state index is 5.49. The topological polar surface area (TPSA) is 30.5 Å². The monoisotopic (exact) mass is 235 g/mol. The zero-order valence-corrected chi connectivity index (χ0v) is 10.4. The van der Waals surface area contributed by atoms with Gasteiger partial charge < -0.3 is 14.8 Å². The van der Waals surface area contributed by atoms with Gasteiger partial charge in [0, 0.05) is 25.8 Å². The first-order chi connectivity index (χ1) is 8.38. The Kier molecular flexibility index (Phi) is 4.83. The van der Waals surface area contributed by atoms with Crippen molar-refractivity contribution in [1.82, 2.24) is 5.32 Å². The van der Waals surface area contributed by atoms with E-state index in [1.54, 1.807) is 0 Å². The van der Waals surface area contributed by atoms with Crippen LogP contribution in [0.25, 0.3) is 0 Å². The Morgan fingerprint density at radius 2 is 2.18 bits per heavy atom.